The second-order valence-corrected chi connectivity index (χ2v) is 5.30. The van der Waals surface area contributed by atoms with Crippen molar-refractivity contribution in [3.8, 4) is 0 Å². The van der Waals surface area contributed by atoms with Crippen molar-refractivity contribution in [2.45, 2.75) is 19.3 Å². The van der Waals surface area contributed by atoms with E-state index < -0.39 is 24.7 Å². The molecule has 0 spiro atoms. The molecule has 0 unspecified atom stereocenters. The highest BCUT2D eigenvalue weighted by Gasteiger charge is 2.33. The Balaban J connectivity index is 2.10. The van der Waals surface area contributed by atoms with Crippen LogP contribution >= 0.6 is 0 Å². The normalized spacial score (nSPS) is 31.3. The summed E-state index contributed by atoms with van der Waals surface area (Å²) in [6.45, 7) is 3.43. The molecule has 1 amide bonds. The molecule has 1 aliphatic heterocycles. The van der Waals surface area contributed by atoms with Crippen LogP contribution in [0.25, 0.3) is 15.9 Å². The van der Waals surface area contributed by atoms with Crippen molar-refractivity contribution in [1.29, 1.82) is 0 Å². The van der Waals surface area contributed by atoms with Crippen LogP contribution in [0.15, 0.2) is 18.6 Å². The minimum atomic E-state index is -2.76. The van der Waals surface area contributed by atoms with Crippen LogP contribution in [-0.2, 0) is 4.79 Å². The number of hydrogen-bond acceptors (Lipinski definition) is 4. The number of piperidine rings is 1. The third-order valence-corrected chi connectivity index (χ3v) is 3.94. The van der Waals surface area contributed by atoms with Crippen molar-refractivity contribution in [1.82, 2.24) is 19.9 Å². The van der Waals surface area contributed by atoms with Gasteiger partial charge in [0.25, 0.3) is 6.54 Å². The highest BCUT2D eigenvalue weighted by molar-refractivity contribution is 5.87. The molecule has 3 rings (SSSR count). The number of carbonyl (C=O) groups excluding carboxylic acids is 1. The van der Waals surface area contributed by atoms with E-state index in [0.717, 1.165) is 0 Å². The van der Waals surface area contributed by atoms with Crippen molar-refractivity contribution in [2.75, 3.05) is 31.6 Å². The number of nitrogens with zero attached hydrogens (tertiary/aromatic N) is 5. The standard InChI is InChI=1S/C16H20N6O/c1-11-5-7-22(14(23)8-17-2)9-13(11)21(3)16-12-4-6-18-15(12)19-10-20-16/h4,6,10-11,13H,5,7-9H2,1,3H3,(H,18,19,20)/t11-,13+/m1/s1/i1D3,11D,13D. The molecule has 7 nitrogen and oxygen atoms in total. The lowest BCUT2D eigenvalue weighted by Gasteiger charge is -2.41. The molecule has 2 atom stereocenters. The first-order valence-electron chi connectivity index (χ1n) is 9.68. The third kappa shape index (κ3) is 2.84. The summed E-state index contributed by atoms with van der Waals surface area (Å²) in [5.41, 5.74) is 0.515. The molecule has 1 fully saturated rings. The Labute approximate surface area is 142 Å². The number of aromatic amines is 1. The third-order valence-electron chi connectivity index (χ3n) is 3.94. The number of likely N-dealkylation sites (tertiary alicyclic amines) is 1. The smallest absolute Gasteiger partial charge is 0.302 e. The first kappa shape index (κ1) is 10.2. The van der Waals surface area contributed by atoms with Gasteiger partial charge in [-0.05, 0) is 18.4 Å². The average molecular weight is 317 g/mol. The second kappa shape index (κ2) is 6.24. The molecule has 7 heteroatoms. The molecule has 0 saturated carbocycles. The topological polar surface area (TPSA) is 69.5 Å². The Kier molecular flexibility index (Phi) is 2.77. The first-order chi connectivity index (χ1) is 13.0. The Morgan fingerprint density at radius 2 is 2.57 bits per heavy atom. The number of H-pyrrole nitrogens is 1. The van der Waals surface area contributed by atoms with Gasteiger partial charge in [-0.25, -0.2) is 16.5 Å². The fraction of sp³-hybridized carbons (Fsp3) is 0.500. The highest BCUT2D eigenvalue weighted by Crippen LogP contribution is 2.28. The van der Waals surface area contributed by atoms with E-state index >= 15 is 0 Å². The maximum absolute atomic E-state index is 12.3. The van der Waals surface area contributed by atoms with Gasteiger partial charge in [-0.1, -0.05) is 6.85 Å². The molecule has 0 aliphatic carbocycles. The lowest BCUT2D eigenvalue weighted by Crippen LogP contribution is -2.53. The van der Waals surface area contributed by atoms with E-state index in [1.165, 1.54) is 23.2 Å². The summed E-state index contributed by atoms with van der Waals surface area (Å²) < 4.78 is 41.7. The van der Waals surface area contributed by atoms with E-state index in [0.29, 0.717) is 16.9 Å². The van der Waals surface area contributed by atoms with Crippen LogP contribution in [0, 0.1) is 12.5 Å². The Morgan fingerprint density at radius 3 is 3.35 bits per heavy atom. The fourth-order valence-electron chi connectivity index (χ4n) is 2.69. The number of carbonyl (C=O) groups is 1. The second-order valence-electron chi connectivity index (χ2n) is 5.30. The summed E-state index contributed by atoms with van der Waals surface area (Å²) in [5, 5.41) is 0.578. The maximum Gasteiger partial charge on any atom is 0.302 e. The van der Waals surface area contributed by atoms with Gasteiger partial charge in [-0.2, -0.15) is 0 Å². The zero-order valence-electron chi connectivity index (χ0n) is 17.7. The number of nitrogens with one attached hydrogen (secondary N) is 1. The molecule has 1 N–H and O–H groups in total. The van der Waals surface area contributed by atoms with E-state index in [9.17, 15) is 4.79 Å². The van der Waals surface area contributed by atoms with Gasteiger partial charge < -0.3 is 19.6 Å². The highest BCUT2D eigenvalue weighted by atomic mass is 16.2. The van der Waals surface area contributed by atoms with Crippen LogP contribution in [-0.4, -0.2) is 58.5 Å². The van der Waals surface area contributed by atoms with Gasteiger partial charge in [0, 0.05) is 31.8 Å². The van der Waals surface area contributed by atoms with Crippen molar-refractivity contribution in [3.63, 3.8) is 0 Å². The van der Waals surface area contributed by atoms with Crippen molar-refractivity contribution < 1.29 is 11.6 Å². The van der Waals surface area contributed by atoms with Crippen molar-refractivity contribution in [3.05, 3.63) is 30.0 Å². The van der Waals surface area contributed by atoms with E-state index in [2.05, 4.69) is 19.8 Å². The molecule has 1 aliphatic rings. The Morgan fingerprint density at radius 1 is 1.70 bits per heavy atom. The molecule has 0 aromatic carbocycles. The fourth-order valence-corrected chi connectivity index (χ4v) is 2.69. The lowest BCUT2D eigenvalue weighted by molar-refractivity contribution is -0.130. The average Bonchev–Trinajstić information content (AvgIpc) is 3.11. The van der Waals surface area contributed by atoms with Gasteiger partial charge >= 0.3 is 5.91 Å². The summed E-state index contributed by atoms with van der Waals surface area (Å²) in [7, 11) is 1.50. The number of fused-ring (bicyclic) bond motifs is 1. The maximum atomic E-state index is 12.3. The van der Waals surface area contributed by atoms with Gasteiger partial charge in [-0.3, -0.25) is 4.79 Å². The monoisotopic (exact) mass is 317 g/mol. The molecule has 0 radical (unpaired) electrons. The van der Waals surface area contributed by atoms with Crippen LogP contribution in [0.4, 0.5) is 5.82 Å². The summed E-state index contributed by atoms with van der Waals surface area (Å²) in [6, 6.07) is -0.317. The predicted molar refractivity (Wildman–Crippen MR) is 87.9 cm³/mol. The van der Waals surface area contributed by atoms with Crippen molar-refractivity contribution >= 4 is 22.8 Å². The molecule has 2 aromatic rings. The van der Waals surface area contributed by atoms with E-state index in [1.54, 1.807) is 12.3 Å². The van der Waals surface area contributed by atoms with Crippen LogP contribution in [0.1, 0.15) is 20.1 Å². The minimum absolute atomic E-state index is 0.00799. The number of hydrogen-bond donors (Lipinski definition) is 1. The van der Waals surface area contributed by atoms with Gasteiger partial charge in [0.1, 0.15) is 17.8 Å². The zero-order valence-corrected chi connectivity index (χ0v) is 12.7. The zero-order chi connectivity index (χ0) is 20.7. The summed E-state index contributed by atoms with van der Waals surface area (Å²) in [5.74, 6) is -2.36. The van der Waals surface area contributed by atoms with Gasteiger partial charge in [0.05, 0.1) is 12.8 Å². The Hall–Kier alpha value is -2.62. The number of aromatic nitrogens is 3. The van der Waals surface area contributed by atoms with E-state index in [1.807, 2.05) is 0 Å². The van der Waals surface area contributed by atoms with Crippen LogP contribution in [0.2, 0.25) is 0 Å². The minimum Gasteiger partial charge on any atom is -0.354 e. The largest absolute Gasteiger partial charge is 0.354 e. The molecule has 23 heavy (non-hydrogen) atoms. The number of amides is 1. The molecular weight excluding hydrogens is 292 g/mol. The SMILES string of the molecule is [2H]C([2H])([2H])[C@]1([2H])CCN(C(=O)C[N+]#[C-])C[C@]1([2H])N(C)c1ncnc2[nH]ccc12. The van der Waals surface area contributed by atoms with E-state index in [-0.39, 0.29) is 26.1 Å². The molecule has 120 valence electrons. The predicted octanol–water partition coefficient (Wildman–Crippen LogP) is 1.55. The number of anilines is 1. The molecule has 1 saturated heterocycles. The molecular formula is C16H20N6O. The van der Waals surface area contributed by atoms with E-state index in [4.69, 9.17) is 13.4 Å². The molecule has 3 heterocycles. The van der Waals surface area contributed by atoms with Crippen LogP contribution in [0.5, 0.6) is 0 Å². The quantitative estimate of drug-likeness (QED) is 0.872. The number of rotatable bonds is 3. The number of likely N-dealkylation sites (N-methyl/N-ethyl adjacent to an activating group) is 1. The Bertz CT molecular complexity index is 939. The van der Waals surface area contributed by atoms with Crippen LogP contribution in [0.3, 0.4) is 0 Å². The molecule has 2 aromatic heterocycles. The summed E-state index contributed by atoms with van der Waals surface area (Å²) in [4.78, 5) is 29.2. The van der Waals surface area contributed by atoms with Gasteiger partial charge in [0.15, 0.2) is 0 Å². The van der Waals surface area contributed by atoms with Gasteiger partial charge in [0.2, 0.25) is 0 Å². The van der Waals surface area contributed by atoms with Crippen LogP contribution < -0.4 is 4.90 Å². The lowest BCUT2D eigenvalue weighted by atomic mass is 9.92. The first-order valence-corrected chi connectivity index (χ1v) is 7.18. The summed E-state index contributed by atoms with van der Waals surface area (Å²) >= 11 is 0. The molecule has 0 bridgehead atoms. The van der Waals surface area contributed by atoms with Crippen molar-refractivity contribution in [2.24, 2.45) is 5.89 Å². The van der Waals surface area contributed by atoms with Gasteiger partial charge in [-0.15, -0.1) is 0 Å². The summed E-state index contributed by atoms with van der Waals surface area (Å²) in [6.07, 6.45) is 2.72.